The maximum absolute atomic E-state index is 12.0. The first-order valence-electron chi connectivity index (χ1n) is 5.96. The van der Waals surface area contributed by atoms with Crippen LogP contribution in [0, 0.1) is 5.92 Å². The summed E-state index contributed by atoms with van der Waals surface area (Å²) in [5.41, 5.74) is 7.54. The Labute approximate surface area is 119 Å². The highest BCUT2D eigenvalue weighted by molar-refractivity contribution is 9.10. The van der Waals surface area contributed by atoms with E-state index in [1.807, 2.05) is 32.0 Å². The molecule has 1 unspecified atom stereocenters. The number of anilines is 1. The van der Waals surface area contributed by atoms with Gasteiger partial charge in [0.15, 0.2) is 0 Å². The third-order valence-electron chi connectivity index (χ3n) is 3.03. The number of carbonyl (C=O) groups excluding carboxylic acids is 1. The molecular formula is C13H16BrN3O2. The summed E-state index contributed by atoms with van der Waals surface area (Å²) in [7, 11) is 1.38. The molecule has 0 aliphatic carbocycles. The van der Waals surface area contributed by atoms with E-state index in [-0.39, 0.29) is 11.9 Å². The molecule has 0 aliphatic heterocycles. The van der Waals surface area contributed by atoms with Crippen molar-refractivity contribution in [1.82, 2.24) is 9.55 Å². The monoisotopic (exact) mass is 325 g/mol. The molecule has 0 saturated heterocycles. The number of nitrogens with zero attached hydrogens (tertiary/aromatic N) is 2. The maximum Gasteiger partial charge on any atom is 0.329 e. The zero-order chi connectivity index (χ0) is 14.2. The summed E-state index contributed by atoms with van der Waals surface area (Å²) in [6.07, 6.45) is 0. The summed E-state index contributed by atoms with van der Waals surface area (Å²) in [5, 5.41) is 0. The van der Waals surface area contributed by atoms with Gasteiger partial charge in [-0.1, -0.05) is 29.8 Å². The third kappa shape index (κ3) is 2.45. The van der Waals surface area contributed by atoms with Crippen molar-refractivity contribution in [2.24, 2.45) is 5.92 Å². The molecule has 102 valence electrons. The average Bonchev–Trinajstić information content (AvgIpc) is 2.66. The Kier molecular flexibility index (Phi) is 3.80. The van der Waals surface area contributed by atoms with Crippen LogP contribution in [0.3, 0.4) is 0 Å². The summed E-state index contributed by atoms with van der Waals surface area (Å²) in [6.45, 7) is 3.90. The highest BCUT2D eigenvalue weighted by atomic mass is 79.9. The Morgan fingerprint density at radius 2 is 2.16 bits per heavy atom. The van der Waals surface area contributed by atoms with Crippen molar-refractivity contribution in [2.75, 3.05) is 12.8 Å². The van der Waals surface area contributed by atoms with Gasteiger partial charge in [0.25, 0.3) is 0 Å². The highest BCUT2D eigenvalue weighted by Crippen LogP contribution is 2.30. The average molecular weight is 326 g/mol. The quantitative estimate of drug-likeness (QED) is 0.881. The van der Waals surface area contributed by atoms with Crippen molar-refractivity contribution in [1.29, 1.82) is 0 Å². The standard InChI is InChI=1S/C13H16BrN3O2/c1-7(2)11(12(18)19-3)17-10-6-8(14)4-5-9(10)16-13(17)15/h4-7,11H,1-3H3,(H2,15,16). The van der Waals surface area contributed by atoms with E-state index in [0.29, 0.717) is 5.95 Å². The zero-order valence-electron chi connectivity index (χ0n) is 11.1. The number of methoxy groups -OCH3 is 1. The minimum Gasteiger partial charge on any atom is -0.467 e. The molecule has 2 aromatic rings. The van der Waals surface area contributed by atoms with Crippen LogP contribution < -0.4 is 5.73 Å². The first-order chi connectivity index (χ1) is 8.95. The first kappa shape index (κ1) is 13.9. The molecule has 0 bridgehead atoms. The maximum atomic E-state index is 12.0. The van der Waals surface area contributed by atoms with Crippen molar-refractivity contribution >= 4 is 38.9 Å². The fourth-order valence-corrected chi connectivity index (χ4v) is 2.52. The molecule has 2 rings (SSSR count). The lowest BCUT2D eigenvalue weighted by Crippen LogP contribution is -2.26. The second-order valence-corrected chi connectivity index (χ2v) is 5.60. The van der Waals surface area contributed by atoms with Crippen molar-refractivity contribution in [3.8, 4) is 0 Å². The van der Waals surface area contributed by atoms with Gasteiger partial charge in [-0.25, -0.2) is 9.78 Å². The number of nitrogen functional groups attached to an aromatic ring is 1. The van der Waals surface area contributed by atoms with E-state index in [2.05, 4.69) is 20.9 Å². The molecule has 0 spiro atoms. The third-order valence-corrected chi connectivity index (χ3v) is 3.52. The molecule has 0 fully saturated rings. The number of fused-ring (bicyclic) bond motifs is 1. The number of halogens is 1. The molecule has 1 aromatic heterocycles. The number of carbonyl (C=O) groups is 1. The van der Waals surface area contributed by atoms with Crippen LogP contribution in [0.2, 0.25) is 0 Å². The fourth-order valence-electron chi connectivity index (χ4n) is 2.17. The topological polar surface area (TPSA) is 70.1 Å². The Bertz CT molecular complexity index is 622. The van der Waals surface area contributed by atoms with Crippen LogP contribution in [0.1, 0.15) is 19.9 Å². The molecule has 6 heteroatoms. The normalized spacial score (nSPS) is 12.9. The molecule has 1 atom stereocenters. The second kappa shape index (κ2) is 5.21. The van der Waals surface area contributed by atoms with Gasteiger partial charge in [0.2, 0.25) is 5.95 Å². The largest absolute Gasteiger partial charge is 0.467 e. The van der Waals surface area contributed by atoms with E-state index in [4.69, 9.17) is 10.5 Å². The van der Waals surface area contributed by atoms with Gasteiger partial charge in [-0.15, -0.1) is 0 Å². The molecule has 5 nitrogen and oxygen atoms in total. The van der Waals surface area contributed by atoms with Crippen molar-refractivity contribution < 1.29 is 9.53 Å². The molecule has 0 radical (unpaired) electrons. The predicted molar refractivity (Wildman–Crippen MR) is 77.7 cm³/mol. The molecular weight excluding hydrogens is 310 g/mol. The van der Waals surface area contributed by atoms with E-state index < -0.39 is 6.04 Å². The minimum absolute atomic E-state index is 0.0473. The van der Waals surface area contributed by atoms with Crippen LogP contribution in [0.15, 0.2) is 22.7 Å². The van der Waals surface area contributed by atoms with E-state index in [9.17, 15) is 4.79 Å². The van der Waals surface area contributed by atoms with Gasteiger partial charge in [-0.2, -0.15) is 0 Å². The van der Waals surface area contributed by atoms with E-state index in [1.165, 1.54) is 7.11 Å². The van der Waals surface area contributed by atoms with Gasteiger partial charge in [-0.05, 0) is 24.1 Å². The number of ether oxygens (including phenoxy) is 1. The lowest BCUT2D eigenvalue weighted by Gasteiger charge is -2.21. The number of esters is 1. The zero-order valence-corrected chi connectivity index (χ0v) is 12.6. The number of imidazole rings is 1. The van der Waals surface area contributed by atoms with Crippen molar-refractivity contribution in [2.45, 2.75) is 19.9 Å². The molecule has 0 aliphatic rings. The smallest absolute Gasteiger partial charge is 0.329 e. The predicted octanol–water partition coefficient (Wildman–Crippen LogP) is 2.75. The Morgan fingerprint density at radius 3 is 2.74 bits per heavy atom. The summed E-state index contributed by atoms with van der Waals surface area (Å²) < 4.78 is 7.52. The van der Waals surface area contributed by atoms with Crippen LogP contribution in [0.4, 0.5) is 5.95 Å². The molecule has 2 N–H and O–H groups in total. The Balaban J connectivity index is 2.68. The van der Waals surface area contributed by atoms with Crippen molar-refractivity contribution in [3.05, 3.63) is 22.7 Å². The van der Waals surface area contributed by atoms with Crippen LogP contribution >= 0.6 is 15.9 Å². The first-order valence-corrected chi connectivity index (χ1v) is 6.75. The van der Waals surface area contributed by atoms with Gasteiger partial charge in [-0.3, -0.25) is 4.57 Å². The summed E-state index contributed by atoms with van der Waals surface area (Å²) >= 11 is 3.42. The van der Waals surface area contributed by atoms with Gasteiger partial charge >= 0.3 is 5.97 Å². The summed E-state index contributed by atoms with van der Waals surface area (Å²) in [5.74, 6) is 0.0457. The Morgan fingerprint density at radius 1 is 1.47 bits per heavy atom. The van der Waals surface area contributed by atoms with Crippen LogP contribution in [-0.2, 0) is 9.53 Å². The lowest BCUT2D eigenvalue weighted by atomic mass is 10.0. The number of nitrogens with two attached hydrogens (primary N) is 1. The number of hydrogen-bond donors (Lipinski definition) is 1. The van der Waals surface area contributed by atoms with Crippen LogP contribution in [0.5, 0.6) is 0 Å². The van der Waals surface area contributed by atoms with Gasteiger partial charge in [0.05, 0.1) is 18.1 Å². The molecule has 19 heavy (non-hydrogen) atoms. The van der Waals surface area contributed by atoms with E-state index in [0.717, 1.165) is 15.5 Å². The molecule has 0 saturated carbocycles. The van der Waals surface area contributed by atoms with Gasteiger partial charge in [0.1, 0.15) is 6.04 Å². The van der Waals surface area contributed by atoms with E-state index >= 15 is 0 Å². The second-order valence-electron chi connectivity index (χ2n) is 4.69. The number of aromatic nitrogens is 2. The molecule has 1 aromatic carbocycles. The molecule has 0 amide bonds. The highest BCUT2D eigenvalue weighted by Gasteiger charge is 2.28. The van der Waals surface area contributed by atoms with Crippen molar-refractivity contribution in [3.63, 3.8) is 0 Å². The Hall–Kier alpha value is -1.56. The molecule has 1 heterocycles. The fraction of sp³-hybridized carbons (Fsp3) is 0.385. The SMILES string of the molecule is COC(=O)C(C(C)C)n1c(N)nc2ccc(Br)cc21. The van der Waals surface area contributed by atoms with Gasteiger partial charge in [0, 0.05) is 4.47 Å². The summed E-state index contributed by atoms with van der Waals surface area (Å²) in [4.78, 5) is 16.3. The van der Waals surface area contributed by atoms with Crippen LogP contribution in [0.25, 0.3) is 11.0 Å². The van der Waals surface area contributed by atoms with Gasteiger partial charge < -0.3 is 10.5 Å². The number of rotatable bonds is 3. The lowest BCUT2D eigenvalue weighted by molar-refractivity contribution is -0.145. The number of hydrogen-bond acceptors (Lipinski definition) is 4. The summed E-state index contributed by atoms with van der Waals surface area (Å²) in [6, 6.07) is 5.17. The van der Waals surface area contributed by atoms with E-state index in [1.54, 1.807) is 4.57 Å². The minimum atomic E-state index is -0.482. The van der Waals surface area contributed by atoms with Crippen LogP contribution in [-0.4, -0.2) is 22.6 Å². The number of benzene rings is 1.